The molecule has 0 aliphatic carbocycles. The molecule has 0 saturated carbocycles. The summed E-state index contributed by atoms with van der Waals surface area (Å²) in [5, 5.41) is 0. The van der Waals surface area contributed by atoms with E-state index >= 15 is 0 Å². The first kappa shape index (κ1) is 14.7. The van der Waals surface area contributed by atoms with Gasteiger partial charge >= 0.3 is 5.97 Å². The fourth-order valence-electron chi connectivity index (χ4n) is 1.27. The van der Waals surface area contributed by atoms with Gasteiger partial charge in [0.1, 0.15) is 6.61 Å². The number of carbonyl (C=O) groups is 2. The standard InChI is InChI=1S/C12H21NO3/c1-5-7-12(15)16-9-8-13(10(3)4)11(14)6-2/h6,10H,2,5,7-9H2,1,3-4H3. The Bertz CT molecular complexity index is 249. The van der Waals surface area contributed by atoms with Gasteiger partial charge in [-0.05, 0) is 26.3 Å². The van der Waals surface area contributed by atoms with E-state index in [4.69, 9.17) is 4.74 Å². The summed E-state index contributed by atoms with van der Waals surface area (Å²) in [5.74, 6) is -0.348. The smallest absolute Gasteiger partial charge is 0.305 e. The van der Waals surface area contributed by atoms with E-state index < -0.39 is 0 Å². The highest BCUT2D eigenvalue weighted by atomic mass is 16.5. The molecular formula is C12H21NO3. The molecule has 0 saturated heterocycles. The summed E-state index contributed by atoms with van der Waals surface area (Å²) in [7, 11) is 0. The lowest BCUT2D eigenvalue weighted by atomic mass is 10.3. The third kappa shape index (κ3) is 5.53. The summed E-state index contributed by atoms with van der Waals surface area (Å²) in [5.41, 5.74) is 0. The molecule has 1 amide bonds. The van der Waals surface area contributed by atoms with Crippen LogP contribution in [0.15, 0.2) is 12.7 Å². The molecule has 0 rings (SSSR count). The third-order valence-corrected chi connectivity index (χ3v) is 2.13. The molecule has 0 bridgehead atoms. The second-order valence-electron chi connectivity index (χ2n) is 3.80. The van der Waals surface area contributed by atoms with Crippen LogP contribution in [0.5, 0.6) is 0 Å². The molecule has 0 N–H and O–H groups in total. The van der Waals surface area contributed by atoms with Gasteiger partial charge in [-0.3, -0.25) is 9.59 Å². The molecule has 0 spiro atoms. The van der Waals surface area contributed by atoms with Gasteiger partial charge < -0.3 is 9.64 Å². The lowest BCUT2D eigenvalue weighted by Gasteiger charge is -2.25. The fraction of sp³-hybridized carbons (Fsp3) is 0.667. The minimum absolute atomic E-state index is 0.0791. The minimum atomic E-state index is -0.211. The Morgan fingerprint density at radius 2 is 2.06 bits per heavy atom. The maximum absolute atomic E-state index is 11.4. The topological polar surface area (TPSA) is 46.6 Å². The van der Waals surface area contributed by atoms with Crippen molar-refractivity contribution >= 4 is 11.9 Å². The summed E-state index contributed by atoms with van der Waals surface area (Å²) in [6.07, 6.45) is 2.48. The maximum atomic E-state index is 11.4. The molecule has 0 aromatic rings. The summed E-state index contributed by atoms with van der Waals surface area (Å²) in [4.78, 5) is 24.1. The maximum Gasteiger partial charge on any atom is 0.305 e. The Morgan fingerprint density at radius 1 is 1.44 bits per heavy atom. The molecule has 0 heterocycles. The van der Waals surface area contributed by atoms with E-state index in [0.29, 0.717) is 13.0 Å². The number of ether oxygens (including phenoxy) is 1. The average Bonchev–Trinajstić information content (AvgIpc) is 2.23. The second kappa shape index (κ2) is 7.91. The van der Waals surface area contributed by atoms with Crippen LogP contribution in [0, 0.1) is 0 Å². The monoisotopic (exact) mass is 227 g/mol. The molecule has 16 heavy (non-hydrogen) atoms. The van der Waals surface area contributed by atoms with Gasteiger partial charge in [0.2, 0.25) is 5.91 Å². The molecule has 4 nitrogen and oxygen atoms in total. The third-order valence-electron chi connectivity index (χ3n) is 2.13. The predicted molar refractivity (Wildman–Crippen MR) is 62.9 cm³/mol. The summed E-state index contributed by atoms with van der Waals surface area (Å²) >= 11 is 0. The van der Waals surface area contributed by atoms with Gasteiger partial charge in [-0.15, -0.1) is 0 Å². The Hall–Kier alpha value is -1.32. The van der Waals surface area contributed by atoms with Crippen molar-refractivity contribution in [3.8, 4) is 0 Å². The van der Waals surface area contributed by atoms with Crippen molar-refractivity contribution in [1.82, 2.24) is 4.90 Å². The average molecular weight is 227 g/mol. The van der Waals surface area contributed by atoms with E-state index in [0.717, 1.165) is 6.42 Å². The summed E-state index contributed by atoms with van der Waals surface area (Å²) in [6.45, 7) is 9.84. The van der Waals surface area contributed by atoms with Gasteiger partial charge in [0.05, 0.1) is 6.54 Å². The van der Waals surface area contributed by atoms with Gasteiger partial charge in [-0.25, -0.2) is 0 Å². The lowest BCUT2D eigenvalue weighted by molar-refractivity contribution is -0.145. The van der Waals surface area contributed by atoms with Crippen molar-refractivity contribution in [3.05, 3.63) is 12.7 Å². The minimum Gasteiger partial charge on any atom is -0.464 e. The zero-order valence-electron chi connectivity index (χ0n) is 10.4. The molecule has 4 heteroatoms. The van der Waals surface area contributed by atoms with Gasteiger partial charge in [0.25, 0.3) is 0 Å². The van der Waals surface area contributed by atoms with Gasteiger partial charge in [-0.2, -0.15) is 0 Å². The Balaban J connectivity index is 3.99. The van der Waals surface area contributed by atoms with Crippen LogP contribution in [-0.2, 0) is 14.3 Å². The van der Waals surface area contributed by atoms with Crippen molar-refractivity contribution in [2.45, 2.75) is 39.7 Å². The highest BCUT2D eigenvalue weighted by molar-refractivity contribution is 5.87. The molecule has 0 aromatic heterocycles. The number of hydrogen-bond donors (Lipinski definition) is 0. The van der Waals surface area contributed by atoms with Crippen molar-refractivity contribution in [3.63, 3.8) is 0 Å². The van der Waals surface area contributed by atoms with Crippen LogP contribution in [0.1, 0.15) is 33.6 Å². The van der Waals surface area contributed by atoms with Crippen LogP contribution >= 0.6 is 0 Å². The molecule has 0 fully saturated rings. The predicted octanol–water partition coefficient (Wildman–Crippen LogP) is 1.75. The van der Waals surface area contributed by atoms with Crippen molar-refractivity contribution in [2.24, 2.45) is 0 Å². The van der Waals surface area contributed by atoms with Gasteiger partial charge in [0, 0.05) is 12.5 Å². The highest BCUT2D eigenvalue weighted by Gasteiger charge is 2.14. The van der Waals surface area contributed by atoms with Crippen LogP contribution in [0.4, 0.5) is 0 Å². The fourth-order valence-corrected chi connectivity index (χ4v) is 1.27. The van der Waals surface area contributed by atoms with Crippen molar-refractivity contribution in [2.75, 3.05) is 13.2 Å². The van der Waals surface area contributed by atoms with Crippen LogP contribution in [0.2, 0.25) is 0 Å². The second-order valence-corrected chi connectivity index (χ2v) is 3.80. The summed E-state index contributed by atoms with van der Waals surface area (Å²) in [6, 6.07) is 0.0791. The molecule has 0 aromatic carbocycles. The largest absolute Gasteiger partial charge is 0.464 e. The summed E-state index contributed by atoms with van der Waals surface area (Å²) < 4.78 is 4.99. The Kier molecular flexibility index (Phi) is 7.25. The first-order valence-electron chi connectivity index (χ1n) is 5.61. The zero-order chi connectivity index (χ0) is 12.6. The van der Waals surface area contributed by atoms with E-state index in [9.17, 15) is 9.59 Å². The van der Waals surface area contributed by atoms with Gasteiger partial charge in [0.15, 0.2) is 0 Å². The van der Waals surface area contributed by atoms with Crippen LogP contribution < -0.4 is 0 Å². The molecule has 0 aliphatic heterocycles. The van der Waals surface area contributed by atoms with E-state index in [1.54, 1.807) is 4.90 Å². The van der Waals surface area contributed by atoms with Crippen LogP contribution in [0.25, 0.3) is 0 Å². The number of carbonyl (C=O) groups excluding carboxylic acids is 2. The van der Waals surface area contributed by atoms with E-state index in [1.807, 2.05) is 20.8 Å². The van der Waals surface area contributed by atoms with Crippen LogP contribution in [-0.4, -0.2) is 36.0 Å². The van der Waals surface area contributed by atoms with E-state index in [-0.39, 0.29) is 24.5 Å². The first-order valence-corrected chi connectivity index (χ1v) is 5.61. The molecule has 0 aliphatic rings. The van der Waals surface area contributed by atoms with E-state index in [2.05, 4.69) is 6.58 Å². The molecular weight excluding hydrogens is 206 g/mol. The van der Waals surface area contributed by atoms with Crippen molar-refractivity contribution < 1.29 is 14.3 Å². The lowest BCUT2D eigenvalue weighted by Crippen LogP contribution is -2.38. The number of nitrogens with zero attached hydrogens (tertiary/aromatic N) is 1. The number of hydrogen-bond acceptors (Lipinski definition) is 3. The highest BCUT2D eigenvalue weighted by Crippen LogP contribution is 2.00. The molecule has 0 unspecified atom stereocenters. The van der Waals surface area contributed by atoms with Gasteiger partial charge in [-0.1, -0.05) is 13.5 Å². The normalized spacial score (nSPS) is 10.0. The Morgan fingerprint density at radius 3 is 2.50 bits per heavy atom. The molecule has 92 valence electrons. The number of rotatable bonds is 7. The zero-order valence-corrected chi connectivity index (χ0v) is 10.4. The van der Waals surface area contributed by atoms with Crippen molar-refractivity contribution in [1.29, 1.82) is 0 Å². The molecule has 0 atom stereocenters. The first-order chi connectivity index (χ1) is 7.52. The number of esters is 1. The number of amides is 1. The SMILES string of the molecule is C=CC(=O)N(CCOC(=O)CCC)C(C)C. The van der Waals surface area contributed by atoms with E-state index in [1.165, 1.54) is 6.08 Å². The Labute approximate surface area is 97.3 Å². The van der Waals surface area contributed by atoms with Crippen LogP contribution in [0.3, 0.4) is 0 Å². The molecule has 0 radical (unpaired) electrons. The quantitative estimate of drug-likeness (QED) is 0.492.